The first-order valence-corrected chi connectivity index (χ1v) is 11.5. The van der Waals surface area contributed by atoms with Crippen molar-refractivity contribution in [3.05, 3.63) is 47.5 Å². The summed E-state index contributed by atoms with van der Waals surface area (Å²) in [6.45, 7) is 9.53. The number of aryl methyl sites for hydroxylation is 1. The maximum absolute atomic E-state index is 8.85. The van der Waals surface area contributed by atoms with Gasteiger partial charge in [-0.2, -0.15) is 15.5 Å². The van der Waals surface area contributed by atoms with Crippen molar-refractivity contribution in [2.75, 3.05) is 19.6 Å². The molecule has 7 nitrogen and oxygen atoms in total. The Labute approximate surface area is 188 Å². The van der Waals surface area contributed by atoms with Gasteiger partial charge in [0.05, 0.1) is 17.3 Å². The number of likely N-dealkylation sites (tertiary alicyclic amines) is 1. The van der Waals surface area contributed by atoms with Gasteiger partial charge in [0.25, 0.3) is 0 Å². The topological polar surface area (TPSA) is 85.9 Å². The number of nitrogens with one attached hydrogen (secondary N) is 1. The number of aromatic amines is 1. The SMILES string of the molecule is Cc1cc(-c2cc3[nH]nc(C4CCN(CCC#N)CC4)c3cc2C(C)C)cn2ncnc12. The molecule has 1 saturated heterocycles. The molecule has 3 aromatic heterocycles. The molecule has 4 aromatic rings. The normalized spacial score (nSPS) is 15.7. The molecule has 32 heavy (non-hydrogen) atoms. The Kier molecular flexibility index (Phi) is 5.40. The molecule has 164 valence electrons. The minimum atomic E-state index is 0.386. The highest BCUT2D eigenvalue weighted by Crippen LogP contribution is 2.37. The summed E-state index contributed by atoms with van der Waals surface area (Å²) in [5.74, 6) is 0.846. The first-order chi connectivity index (χ1) is 15.5. The lowest BCUT2D eigenvalue weighted by molar-refractivity contribution is 0.215. The summed E-state index contributed by atoms with van der Waals surface area (Å²) >= 11 is 0. The number of nitrogens with zero attached hydrogens (tertiary/aromatic N) is 6. The Hall–Kier alpha value is -3.24. The van der Waals surface area contributed by atoms with Gasteiger partial charge in [-0.15, -0.1) is 0 Å². The van der Waals surface area contributed by atoms with Crippen LogP contribution >= 0.6 is 0 Å². The van der Waals surface area contributed by atoms with Gasteiger partial charge in [0.15, 0.2) is 5.65 Å². The lowest BCUT2D eigenvalue weighted by Gasteiger charge is -2.30. The molecular formula is C25H29N7. The Bertz CT molecular complexity index is 1300. The Morgan fingerprint density at radius 3 is 2.78 bits per heavy atom. The third kappa shape index (κ3) is 3.65. The van der Waals surface area contributed by atoms with Crippen LogP contribution in [-0.4, -0.2) is 49.3 Å². The summed E-state index contributed by atoms with van der Waals surface area (Å²) in [4.78, 5) is 6.75. The van der Waals surface area contributed by atoms with Gasteiger partial charge in [-0.25, -0.2) is 9.50 Å². The molecule has 1 N–H and O–H groups in total. The minimum absolute atomic E-state index is 0.386. The van der Waals surface area contributed by atoms with Crippen LogP contribution in [0.2, 0.25) is 0 Å². The molecule has 0 atom stereocenters. The first-order valence-electron chi connectivity index (χ1n) is 11.5. The number of fused-ring (bicyclic) bond motifs is 2. The van der Waals surface area contributed by atoms with Crippen LogP contribution in [-0.2, 0) is 0 Å². The van der Waals surface area contributed by atoms with E-state index in [-0.39, 0.29) is 0 Å². The summed E-state index contributed by atoms with van der Waals surface area (Å²) in [6.07, 6.45) is 6.46. The van der Waals surface area contributed by atoms with Gasteiger partial charge in [-0.05, 0) is 73.7 Å². The van der Waals surface area contributed by atoms with E-state index in [2.05, 4.69) is 71.3 Å². The number of piperidine rings is 1. The highest BCUT2D eigenvalue weighted by atomic mass is 15.3. The van der Waals surface area contributed by atoms with Gasteiger partial charge in [0.1, 0.15) is 6.33 Å². The molecular weight excluding hydrogens is 398 g/mol. The van der Waals surface area contributed by atoms with Crippen molar-refractivity contribution < 1.29 is 0 Å². The zero-order chi connectivity index (χ0) is 22.2. The Morgan fingerprint density at radius 2 is 2.03 bits per heavy atom. The van der Waals surface area contributed by atoms with E-state index in [4.69, 9.17) is 10.4 Å². The van der Waals surface area contributed by atoms with Crippen molar-refractivity contribution in [1.29, 1.82) is 5.26 Å². The average molecular weight is 428 g/mol. The number of benzene rings is 1. The molecule has 5 rings (SSSR count). The molecule has 0 saturated carbocycles. The van der Waals surface area contributed by atoms with Crippen LogP contribution in [0.3, 0.4) is 0 Å². The van der Waals surface area contributed by atoms with Crippen LogP contribution in [0, 0.1) is 18.3 Å². The largest absolute Gasteiger partial charge is 0.302 e. The van der Waals surface area contributed by atoms with E-state index in [1.807, 2.05) is 4.52 Å². The highest BCUT2D eigenvalue weighted by Gasteiger charge is 2.25. The van der Waals surface area contributed by atoms with E-state index in [0.29, 0.717) is 18.3 Å². The van der Waals surface area contributed by atoms with E-state index < -0.39 is 0 Å². The molecule has 1 aliphatic rings. The zero-order valence-corrected chi connectivity index (χ0v) is 19.0. The van der Waals surface area contributed by atoms with E-state index in [9.17, 15) is 0 Å². The van der Waals surface area contributed by atoms with E-state index in [1.54, 1.807) is 6.33 Å². The molecule has 1 aromatic carbocycles. The third-order valence-corrected chi connectivity index (χ3v) is 6.77. The van der Waals surface area contributed by atoms with E-state index >= 15 is 0 Å². The fourth-order valence-electron chi connectivity index (χ4n) is 5.02. The smallest absolute Gasteiger partial charge is 0.158 e. The van der Waals surface area contributed by atoms with Gasteiger partial charge in [0.2, 0.25) is 0 Å². The molecule has 4 heterocycles. The van der Waals surface area contributed by atoms with Gasteiger partial charge in [0, 0.05) is 36.0 Å². The number of hydrogen-bond acceptors (Lipinski definition) is 5. The maximum Gasteiger partial charge on any atom is 0.158 e. The average Bonchev–Trinajstić information content (AvgIpc) is 3.44. The van der Waals surface area contributed by atoms with E-state index in [0.717, 1.165) is 54.8 Å². The van der Waals surface area contributed by atoms with Crippen LogP contribution in [0.15, 0.2) is 30.7 Å². The summed E-state index contributed by atoms with van der Waals surface area (Å²) in [5.41, 5.74) is 7.97. The summed E-state index contributed by atoms with van der Waals surface area (Å²) in [6, 6.07) is 9.05. The van der Waals surface area contributed by atoms with E-state index in [1.165, 1.54) is 22.2 Å². The van der Waals surface area contributed by atoms with Gasteiger partial charge in [-0.1, -0.05) is 13.8 Å². The van der Waals surface area contributed by atoms with Crippen molar-refractivity contribution in [2.45, 2.75) is 51.9 Å². The lowest BCUT2D eigenvalue weighted by Crippen LogP contribution is -2.33. The third-order valence-electron chi connectivity index (χ3n) is 6.77. The molecule has 7 heteroatoms. The molecule has 1 fully saturated rings. The molecule has 0 bridgehead atoms. The molecule has 0 spiro atoms. The summed E-state index contributed by atoms with van der Waals surface area (Å²) in [7, 11) is 0. The second-order valence-electron chi connectivity index (χ2n) is 9.21. The van der Waals surface area contributed by atoms with Crippen molar-refractivity contribution in [3.8, 4) is 17.2 Å². The summed E-state index contributed by atoms with van der Waals surface area (Å²) in [5, 5.41) is 22.5. The van der Waals surface area contributed by atoms with Crippen LogP contribution in [0.5, 0.6) is 0 Å². The van der Waals surface area contributed by atoms with Crippen LogP contribution < -0.4 is 0 Å². The molecule has 1 aliphatic heterocycles. The maximum atomic E-state index is 8.85. The number of H-pyrrole nitrogens is 1. The molecule has 0 unspecified atom stereocenters. The first kappa shape index (κ1) is 20.7. The van der Waals surface area contributed by atoms with Crippen LogP contribution in [0.25, 0.3) is 27.7 Å². The Morgan fingerprint density at radius 1 is 1.22 bits per heavy atom. The van der Waals surface area contributed by atoms with Crippen LogP contribution in [0.1, 0.15) is 61.8 Å². The van der Waals surface area contributed by atoms with Gasteiger partial charge in [-0.3, -0.25) is 5.10 Å². The number of pyridine rings is 1. The van der Waals surface area contributed by atoms with Gasteiger partial charge < -0.3 is 4.90 Å². The second-order valence-corrected chi connectivity index (χ2v) is 9.21. The fraction of sp³-hybridized carbons (Fsp3) is 0.440. The lowest BCUT2D eigenvalue weighted by atomic mass is 9.87. The number of nitriles is 1. The molecule has 0 amide bonds. The minimum Gasteiger partial charge on any atom is -0.302 e. The second kappa shape index (κ2) is 8.36. The van der Waals surface area contributed by atoms with Crippen molar-refractivity contribution >= 4 is 16.6 Å². The monoisotopic (exact) mass is 427 g/mol. The Balaban J connectivity index is 1.52. The standard InChI is InChI=1S/C25H29N7/c1-16(2)20-12-22-23(13-21(20)19-11-17(3)25-27-15-28-32(25)14-19)29-30-24(22)18-5-9-31(10-6-18)8-4-7-26/h11-16,18H,4-6,8-10H2,1-3H3,(H,29,30). The quantitative estimate of drug-likeness (QED) is 0.494. The van der Waals surface area contributed by atoms with Crippen molar-refractivity contribution in [3.63, 3.8) is 0 Å². The predicted molar refractivity (Wildman–Crippen MR) is 126 cm³/mol. The summed E-state index contributed by atoms with van der Waals surface area (Å²) < 4.78 is 1.86. The number of aromatic nitrogens is 5. The highest BCUT2D eigenvalue weighted by molar-refractivity contribution is 5.89. The zero-order valence-electron chi connectivity index (χ0n) is 19.0. The number of hydrogen-bond donors (Lipinski definition) is 1. The number of rotatable bonds is 5. The molecule has 0 radical (unpaired) electrons. The van der Waals surface area contributed by atoms with Crippen molar-refractivity contribution in [1.82, 2.24) is 29.7 Å². The fourth-order valence-corrected chi connectivity index (χ4v) is 5.02. The van der Waals surface area contributed by atoms with Gasteiger partial charge >= 0.3 is 0 Å². The molecule has 0 aliphatic carbocycles. The predicted octanol–water partition coefficient (Wildman–Crippen LogP) is 4.80. The van der Waals surface area contributed by atoms with Crippen LogP contribution in [0.4, 0.5) is 0 Å². The van der Waals surface area contributed by atoms with Crippen molar-refractivity contribution in [2.24, 2.45) is 0 Å².